The Morgan fingerprint density at radius 3 is 2.23 bits per heavy atom. The predicted octanol–water partition coefficient (Wildman–Crippen LogP) is 5.18. The highest BCUT2D eigenvalue weighted by molar-refractivity contribution is 7.92. The number of rotatable bonds is 12. The summed E-state index contributed by atoms with van der Waals surface area (Å²) in [6, 6.07) is 19.1. The Kier molecular flexibility index (Phi) is 10.6. The maximum Gasteiger partial charge on any atom is 0.264 e. The maximum absolute atomic E-state index is 14.1. The lowest BCUT2D eigenvalue weighted by Crippen LogP contribution is -2.53. The molecule has 0 aliphatic heterocycles. The molecular formula is C30H36ClN3O5S. The Morgan fingerprint density at radius 1 is 1.00 bits per heavy atom. The number of carbonyl (C=O) groups excluding carboxylic acids is 2. The van der Waals surface area contributed by atoms with Crippen LogP contribution in [0.4, 0.5) is 5.69 Å². The zero-order valence-electron chi connectivity index (χ0n) is 23.4. The number of amides is 2. The Bertz CT molecular complexity index is 1410. The van der Waals surface area contributed by atoms with Gasteiger partial charge in [0.15, 0.2) is 0 Å². The molecule has 0 saturated heterocycles. The second kappa shape index (κ2) is 13.7. The average Bonchev–Trinajstić information content (AvgIpc) is 2.92. The first-order chi connectivity index (χ1) is 19.0. The molecule has 0 heterocycles. The minimum absolute atomic E-state index is 0.000458. The Labute approximate surface area is 241 Å². The van der Waals surface area contributed by atoms with Gasteiger partial charge in [-0.3, -0.25) is 13.9 Å². The van der Waals surface area contributed by atoms with E-state index in [9.17, 15) is 18.0 Å². The van der Waals surface area contributed by atoms with E-state index >= 15 is 0 Å². The first-order valence-electron chi connectivity index (χ1n) is 13.0. The van der Waals surface area contributed by atoms with Crippen LogP contribution in [-0.2, 0) is 26.2 Å². The molecule has 0 spiro atoms. The van der Waals surface area contributed by atoms with Crippen molar-refractivity contribution >= 4 is 39.1 Å². The molecule has 1 unspecified atom stereocenters. The fourth-order valence-corrected chi connectivity index (χ4v) is 5.89. The highest BCUT2D eigenvalue weighted by atomic mass is 35.5. The van der Waals surface area contributed by atoms with E-state index in [4.69, 9.17) is 16.3 Å². The molecule has 40 heavy (non-hydrogen) atoms. The second-order valence-corrected chi connectivity index (χ2v) is 12.0. The number of nitrogens with zero attached hydrogens (tertiary/aromatic N) is 2. The monoisotopic (exact) mass is 585 g/mol. The van der Waals surface area contributed by atoms with Crippen molar-refractivity contribution in [1.82, 2.24) is 10.2 Å². The van der Waals surface area contributed by atoms with Gasteiger partial charge in [0.25, 0.3) is 10.0 Å². The number of anilines is 1. The molecule has 3 aromatic carbocycles. The minimum Gasteiger partial charge on any atom is -0.495 e. The van der Waals surface area contributed by atoms with Crippen LogP contribution in [0.15, 0.2) is 77.7 Å². The molecule has 8 nitrogen and oxygen atoms in total. The molecule has 0 bridgehead atoms. The van der Waals surface area contributed by atoms with Crippen molar-refractivity contribution in [2.75, 3.05) is 18.0 Å². The third kappa shape index (κ3) is 7.55. The molecule has 3 aromatic rings. The summed E-state index contributed by atoms with van der Waals surface area (Å²) in [6.45, 7) is 7.01. The van der Waals surface area contributed by atoms with E-state index in [1.807, 2.05) is 52.0 Å². The predicted molar refractivity (Wildman–Crippen MR) is 158 cm³/mol. The highest BCUT2D eigenvalue weighted by Crippen LogP contribution is 2.35. The van der Waals surface area contributed by atoms with Crippen molar-refractivity contribution in [1.29, 1.82) is 0 Å². The molecule has 0 fully saturated rings. The Morgan fingerprint density at radius 2 is 1.65 bits per heavy atom. The first-order valence-corrected chi connectivity index (χ1v) is 14.9. The summed E-state index contributed by atoms with van der Waals surface area (Å²) in [6.07, 6.45) is 0.335. The standard InChI is InChI=1S/C30H36ClN3O5S/c1-6-26(30(36)32-21(2)3)33(19-23-14-12-22(4)13-15-23)29(35)20-34(27-18-24(31)16-17-28(27)39-5)40(37,38)25-10-8-7-9-11-25/h7-18,21,26H,6,19-20H2,1-5H3,(H,32,36). The van der Waals surface area contributed by atoms with Crippen molar-refractivity contribution in [3.63, 3.8) is 0 Å². The van der Waals surface area contributed by atoms with E-state index in [0.717, 1.165) is 15.4 Å². The van der Waals surface area contributed by atoms with Crippen molar-refractivity contribution in [3.05, 3.63) is 88.9 Å². The van der Waals surface area contributed by atoms with Gasteiger partial charge < -0.3 is 15.0 Å². The van der Waals surface area contributed by atoms with Crippen LogP contribution < -0.4 is 14.4 Å². The Hall–Kier alpha value is -3.56. The average molecular weight is 586 g/mol. The number of nitrogens with one attached hydrogen (secondary N) is 1. The summed E-state index contributed by atoms with van der Waals surface area (Å²) in [5.41, 5.74) is 1.98. The van der Waals surface area contributed by atoms with E-state index in [1.165, 1.54) is 30.2 Å². The second-order valence-electron chi connectivity index (χ2n) is 9.74. The van der Waals surface area contributed by atoms with Crippen LogP contribution in [0.25, 0.3) is 0 Å². The first kappa shape index (κ1) is 31.0. The Balaban J connectivity index is 2.12. The van der Waals surface area contributed by atoms with Crippen molar-refractivity contribution < 1.29 is 22.7 Å². The van der Waals surface area contributed by atoms with Gasteiger partial charge in [0.2, 0.25) is 11.8 Å². The van der Waals surface area contributed by atoms with E-state index in [2.05, 4.69) is 5.32 Å². The molecule has 2 amide bonds. The van der Waals surface area contributed by atoms with Gasteiger partial charge in [-0.15, -0.1) is 0 Å². The molecule has 0 aliphatic rings. The summed E-state index contributed by atoms with van der Waals surface area (Å²) in [7, 11) is -2.82. The summed E-state index contributed by atoms with van der Waals surface area (Å²) in [4.78, 5) is 28.8. The van der Waals surface area contributed by atoms with Crippen LogP contribution in [0.3, 0.4) is 0 Å². The number of hydrogen-bond acceptors (Lipinski definition) is 5. The van der Waals surface area contributed by atoms with Crippen molar-refractivity contribution in [3.8, 4) is 5.75 Å². The van der Waals surface area contributed by atoms with Gasteiger partial charge in [-0.1, -0.05) is 66.6 Å². The van der Waals surface area contributed by atoms with Crippen LogP contribution in [0.5, 0.6) is 5.75 Å². The zero-order chi connectivity index (χ0) is 29.4. The molecule has 1 atom stereocenters. The third-order valence-electron chi connectivity index (χ3n) is 6.31. The van der Waals surface area contributed by atoms with Crippen LogP contribution in [0.2, 0.25) is 5.02 Å². The highest BCUT2D eigenvalue weighted by Gasteiger charge is 2.35. The zero-order valence-corrected chi connectivity index (χ0v) is 25.0. The van der Waals surface area contributed by atoms with Gasteiger partial charge in [0.1, 0.15) is 18.3 Å². The minimum atomic E-state index is -4.24. The van der Waals surface area contributed by atoms with Gasteiger partial charge in [-0.2, -0.15) is 0 Å². The molecule has 3 rings (SSSR count). The van der Waals surface area contributed by atoms with Gasteiger partial charge in [-0.05, 0) is 63.1 Å². The molecule has 214 valence electrons. The molecule has 0 aliphatic carbocycles. The summed E-state index contributed by atoms with van der Waals surface area (Å²) in [5, 5.41) is 3.16. The number of sulfonamides is 1. The van der Waals surface area contributed by atoms with E-state index in [-0.39, 0.29) is 39.8 Å². The van der Waals surface area contributed by atoms with Gasteiger partial charge >= 0.3 is 0 Å². The maximum atomic E-state index is 14.1. The summed E-state index contributed by atoms with van der Waals surface area (Å²) < 4.78 is 34.4. The summed E-state index contributed by atoms with van der Waals surface area (Å²) in [5.74, 6) is -0.630. The topological polar surface area (TPSA) is 96.0 Å². The largest absolute Gasteiger partial charge is 0.495 e. The summed E-state index contributed by atoms with van der Waals surface area (Å²) >= 11 is 6.27. The number of methoxy groups -OCH3 is 1. The quantitative estimate of drug-likeness (QED) is 0.316. The number of aryl methyl sites for hydroxylation is 1. The van der Waals surface area contributed by atoms with Crippen LogP contribution in [-0.4, -0.2) is 50.9 Å². The smallest absolute Gasteiger partial charge is 0.264 e. The number of hydrogen-bond donors (Lipinski definition) is 1. The lowest BCUT2D eigenvalue weighted by atomic mass is 10.1. The molecule has 0 saturated carbocycles. The van der Waals surface area contributed by atoms with Crippen LogP contribution >= 0.6 is 11.6 Å². The van der Waals surface area contributed by atoms with Crippen LogP contribution in [0.1, 0.15) is 38.3 Å². The SMILES string of the molecule is CCC(C(=O)NC(C)C)N(Cc1ccc(C)cc1)C(=O)CN(c1cc(Cl)ccc1OC)S(=O)(=O)c1ccccc1. The number of carbonyl (C=O) groups is 2. The van der Waals surface area contributed by atoms with Crippen molar-refractivity contribution in [2.45, 2.75) is 57.6 Å². The number of halogens is 1. The van der Waals surface area contributed by atoms with Crippen LogP contribution in [0, 0.1) is 6.92 Å². The number of benzene rings is 3. The fourth-order valence-electron chi connectivity index (χ4n) is 4.28. The number of ether oxygens (including phenoxy) is 1. The molecule has 0 aromatic heterocycles. The normalized spacial score (nSPS) is 12.1. The third-order valence-corrected chi connectivity index (χ3v) is 8.32. The van der Waals surface area contributed by atoms with E-state index in [1.54, 1.807) is 30.3 Å². The van der Waals surface area contributed by atoms with E-state index in [0.29, 0.717) is 6.42 Å². The lowest BCUT2D eigenvalue weighted by molar-refractivity contribution is -0.140. The van der Waals surface area contributed by atoms with Gasteiger partial charge in [0, 0.05) is 17.6 Å². The molecule has 0 radical (unpaired) electrons. The lowest BCUT2D eigenvalue weighted by Gasteiger charge is -2.34. The molecule has 1 N–H and O–H groups in total. The van der Waals surface area contributed by atoms with Crippen molar-refractivity contribution in [2.24, 2.45) is 0 Å². The van der Waals surface area contributed by atoms with E-state index < -0.39 is 28.5 Å². The van der Waals surface area contributed by atoms with Gasteiger partial charge in [-0.25, -0.2) is 8.42 Å². The van der Waals surface area contributed by atoms with Gasteiger partial charge in [0.05, 0.1) is 17.7 Å². The molecule has 10 heteroatoms. The molecular weight excluding hydrogens is 550 g/mol. The fraction of sp³-hybridized carbons (Fsp3) is 0.333.